The first-order valence-corrected chi connectivity index (χ1v) is 15.5. The van der Waals surface area contributed by atoms with E-state index in [1.54, 1.807) is 0 Å². The molecule has 0 heterocycles. The molecule has 1 nitrogen and oxygen atoms in total. The standard InChI is InChI=1S/C41H35N/c1-2-12-29(13-3-1)31-14-4-5-15-32(31)35-24-25-36(34-17-7-6-16-33(34)35)37-18-8-10-20-40(37)42-41-21-11-9-19-38(41)39-27-28-22-23-30(39)26-28/h1-21,24-25,28,30,39,42H,22-23,26-27H2. The summed E-state index contributed by atoms with van der Waals surface area (Å²) in [5.74, 6) is 2.46. The first-order valence-electron chi connectivity index (χ1n) is 15.5. The van der Waals surface area contributed by atoms with Crippen LogP contribution in [-0.2, 0) is 0 Å². The molecule has 0 amide bonds. The molecule has 0 saturated heterocycles. The summed E-state index contributed by atoms with van der Waals surface area (Å²) in [6.07, 6.45) is 5.59. The van der Waals surface area contributed by atoms with E-state index in [0.717, 1.165) is 17.5 Å². The highest BCUT2D eigenvalue weighted by atomic mass is 14.9. The Labute approximate surface area is 248 Å². The van der Waals surface area contributed by atoms with Crippen LogP contribution in [0.15, 0.2) is 140 Å². The maximum Gasteiger partial charge on any atom is 0.0464 e. The van der Waals surface area contributed by atoms with Crippen LogP contribution in [0.1, 0.15) is 37.2 Å². The summed E-state index contributed by atoms with van der Waals surface area (Å²) in [5.41, 5.74) is 11.4. The highest BCUT2D eigenvalue weighted by molar-refractivity contribution is 6.08. The average Bonchev–Trinajstić information content (AvgIpc) is 3.70. The SMILES string of the molecule is c1ccc(-c2ccccc2-c2ccc(-c3ccccc3Nc3ccccc3C3CC4CCC3C4)c3ccccc23)cc1. The van der Waals surface area contributed by atoms with E-state index in [1.807, 2.05) is 0 Å². The second kappa shape index (κ2) is 10.7. The molecule has 0 aromatic heterocycles. The van der Waals surface area contributed by atoms with Gasteiger partial charge in [-0.05, 0) is 93.3 Å². The van der Waals surface area contributed by atoms with Crippen molar-refractivity contribution < 1.29 is 0 Å². The molecule has 204 valence electrons. The monoisotopic (exact) mass is 541 g/mol. The van der Waals surface area contributed by atoms with Crippen LogP contribution in [0.2, 0.25) is 0 Å². The third kappa shape index (κ3) is 4.41. The number of para-hydroxylation sites is 2. The molecule has 42 heavy (non-hydrogen) atoms. The van der Waals surface area contributed by atoms with Crippen molar-refractivity contribution >= 4 is 22.1 Å². The van der Waals surface area contributed by atoms with Crippen LogP contribution in [0.4, 0.5) is 11.4 Å². The summed E-state index contributed by atoms with van der Waals surface area (Å²) < 4.78 is 0. The minimum absolute atomic E-state index is 0.685. The second-order valence-corrected chi connectivity index (χ2v) is 12.2. The van der Waals surface area contributed by atoms with Crippen LogP contribution in [0.25, 0.3) is 44.2 Å². The normalized spacial score (nSPS) is 19.3. The molecule has 3 unspecified atom stereocenters. The third-order valence-corrected chi connectivity index (χ3v) is 9.81. The Bertz CT molecular complexity index is 1890. The summed E-state index contributed by atoms with van der Waals surface area (Å²) in [7, 11) is 0. The van der Waals surface area contributed by atoms with Gasteiger partial charge in [-0.3, -0.25) is 0 Å². The van der Waals surface area contributed by atoms with E-state index in [-0.39, 0.29) is 0 Å². The van der Waals surface area contributed by atoms with Crippen molar-refractivity contribution in [2.24, 2.45) is 11.8 Å². The Morgan fingerprint density at radius 2 is 1.02 bits per heavy atom. The number of nitrogens with one attached hydrogen (secondary N) is 1. The molecule has 8 rings (SSSR count). The lowest BCUT2D eigenvalue weighted by Gasteiger charge is -2.25. The zero-order valence-electron chi connectivity index (χ0n) is 23.8. The Kier molecular flexibility index (Phi) is 6.37. The molecule has 0 spiro atoms. The molecule has 3 atom stereocenters. The minimum atomic E-state index is 0.685. The maximum absolute atomic E-state index is 3.92. The Morgan fingerprint density at radius 1 is 0.429 bits per heavy atom. The summed E-state index contributed by atoms with van der Waals surface area (Å²) in [4.78, 5) is 0. The average molecular weight is 542 g/mol. The van der Waals surface area contributed by atoms with E-state index in [1.165, 1.54) is 81.1 Å². The van der Waals surface area contributed by atoms with Crippen molar-refractivity contribution in [1.29, 1.82) is 0 Å². The number of fused-ring (bicyclic) bond motifs is 3. The van der Waals surface area contributed by atoms with E-state index in [4.69, 9.17) is 0 Å². The Balaban J connectivity index is 1.22. The topological polar surface area (TPSA) is 12.0 Å². The van der Waals surface area contributed by atoms with E-state index in [0.29, 0.717) is 5.92 Å². The molecule has 2 aliphatic carbocycles. The van der Waals surface area contributed by atoms with E-state index in [9.17, 15) is 0 Å². The lowest BCUT2D eigenvalue weighted by atomic mass is 9.82. The van der Waals surface area contributed by atoms with Gasteiger partial charge < -0.3 is 5.32 Å². The summed E-state index contributed by atoms with van der Waals surface area (Å²) in [5, 5.41) is 6.46. The second-order valence-electron chi connectivity index (χ2n) is 12.2. The zero-order valence-corrected chi connectivity index (χ0v) is 23.8. The largest absolute Gasteiger partial charge is 0.355 e. The van der Waals surface area contributed by atoms with Crippen LogP contribution in [0.5, 0.6) is 0 Å². The van der Waals surface area contributed by atoms with Gasteiger partial charge in [0.05, 0.1) is 0 Å². The van der Waals surface area contributed by atoms with Gasteiger partial charge in [-0.15, -0.1) is 0 Å². The Hall–Kier alpha value is -4.62. The molecular weight excluding hydrogens is 506 g/mol. The summed E-state index contributed by atoms with van der Waals surface area (Å²) in [6.45, 7) is 0. The zero-order chi connectivity index (χ0) is 27.9. The fraction of sp³-hybridized carbons (Fsp3) is 0.171. The lowest BCUT2D eigenvalue weighted by Crippen LogP contribution is -2.10. The molecule has 2 saturated carbocycles. The number of hydrogen-bond donors (Lipinski definition) is 1. The Morgan fingerprint density at radius 3 is 1.74 bits per heavy atom. The van der Waals surface area contributed by atoms with Gasteiger partial charge in [0.15, 0.2) is 0 Å². The van der Waals surface area contributed by atoms with Gasteiger partial charge in [-0.2, -0.15) is 0 Å². The van der Waals surface area contributed by atoms with E-state index >= 15 is 0 Å². The van der Waals surface area contributed by atoms with Crippen molar-refractivity contribution in [3.63, 3.8) is 0 Å². The third-order valence-electron chi connectivity index (χ3n) is 9.81. The fourth-order valence-corrected chi connectivity index (χ4v) is 7.89. The summed E-state index contributed by atoms with van der Waals surface area (Å²) in [6, 6.07) is 50.9. The van der Waals surface area contributed by atoms with Crippen molar-refractivity contribution in [3.8, 4) is 33.4 Å². The minimum Gasteiger partial charge on any atom is -0.355 e. The van der Waals surface area contributed by atoms with Crippen LogP contribution >= 0.6 is 0 Å². The smallest absolute Gasteiger partial charge is 0.0464 e. The first-order chi connectivity index (χ1) is 20.8. The molecule has 1 N–H and O–H groups in total. The van der Waals surface area contributed by atoms with Crippen LogP contribution in [-0.4, -0.2) is 0 Å². The number of anilines is 2. The van der Waals surface area contributed by atoms with Gasteiger partial charge in [0, 0.05) is 16.9 Å². The molecule has 1 heteroatoms. The molecule has 6 aromatic carbocycles. The van der Waals surface area contributed by atoms with Crippen molar-refractivity contribution in [2.45, 2.75) is 31.6 Å². The van der Waals surface area contributed by atoms with Gasteiger partial charge in [-0.1, -0.05) is 134 Å². The van der Waals surface area contributed by atoms with Crippen LogP contribution in [0.3, 0.4) is 0 Å². The van der Waals surface area contributed by atoms with Gasteiger partial charge in [0.1, 0.15) is 0 Å². The van der Waals surface area contributed by atoms with E-state index in [2.05, 4.69) is 145 Å². The van der Waals surface area contributed by atoms with Crippen molar-refractivity contribution in [3.05, 3.63) is 145 Å². The van der Waals surface area contributed by atoms with Gasteiger partial charge in [0.25, 0.3) is 0 Å². The van der Waals surface area contributed by atoms with Crippen LogP contribution in [0, 0.1) is 11.8 Å². The number of rotatable bonds is 6. The maximum atomic E-state index is 3.92. The fourth-order valence-electron chi connectivity index (χ4n) is 7.89. The van der Waals surface area contributed by atoms with Crippen molar-refractivity contribution in [2.75, 3.05) is 5.32 Å². The molecule has 6 aromatic rings. The highest BCUT2D eigenvalue weighted by Crippen LogP contribution is 2.54. The molecular formula is C41H35N. The van der Waals surface area contributed by atoms with Crippen molar-refractivity contribution in [1.82, 2.24) is 0 Å². The first kappa shape index (κ1) is 25.1. The molecule has 2 bridgehead atoms. The molecule has 0 aliphatic heterocycles. The quantitative estimate of drug-likeness (QED) is 0.221. The predicted octanol–water partition coefficient (Wildman–Crippen LogP) is 11.5. The van der Waals surface area contributed by atoms with Gasteiger partial charge >= 0.3 is 0 Å². The highest BCUT2D eigenvalue weighted by Gasteiger charge is 2.40. The number of benzene rings is 6. The lowest BCUT2D eigenvalue weighted by molar-refractivity contribution is 0.421. The molecule has 2 aliphatic rings. The summed E-state index contributed by atoms with van der Waals surface area (Å²) >= 11 is 0. The van der Waals surface area contributed by atoms with Gasteiger partial charge in [-0.25, -0.2) is 0 Å². The molecule has 0 radical (unpaired) electrons. The van der Waals surface area contributed by atoms with Crippen LogP contribution < -0.4 is 5.32 Å². The predicted molar refractivity (Wildman–Crippen MR) is 178 cm³/mol. The molecule has 2 fully saturated rings. The number of hydrogen-bond acceptors (Lipinski definition) is 1. The van der Waals surface area contributed by atoms with E-state index < -0.39 is 0 Å². The van der Waals surface area contributed by atoms with Gasteiger partial charge in [0.2, 0.25) is 0 Å².